The molecular formula is C16H15N5OS2. The lowest BCUT2D eigenvalue weighted by molar-refractivity contribution is 0.639. The minimum absolute atomic E-state index is 0.110. The van der Waals surface area contributed by atoms with Gasteiger partial charge in [-0.1, -0.05) is 6.07 Å². The van der Waals surface area contributed by atoms with E-state index < -0.39 is 0 Å². The second kappa shape index (κ2) is 6.03. The molecule has 0 aliphatic heterocycles. The predicted molar refractivity (Wildman–Crippen MR) is 97.1 cm³/mol. The molecule has 0 N–H and O–H groups in total. The molecule has 0 fully saturated rings. The average molecular weight is 357 g/mol. The van der Waals surface area contributed by atoms with Crippen LogP contribution in [-0.2, 0) is 6.54 Å². The Hall–Kier alpha value is -2.19. The monoisotopic (exact) mass is 357 g/mol. The largest absolute Gasteiger partial charge is 0.350 e. The van der Waals surface area contributed by atoms with Gasteiger partial charge in [-0.25, -0.2) is 19.4 Å². The van der Waals surface area contributed by atoms with E-state index in [2.05, 4.69) is 28.9 Å². The Labute approximate surface area is 146 Å². The second-order valence-corrected chi connectivity index (χ2v) is 7.71. The molecule has 4 aromatic heterocycles. The number of aromatic nitrogens is 5. The van der Waals surface area contributed by atoms with Crippen molar-refractivity contribution in [3.05, 3.63) is 51.6 Å². The summed E-state index contributed by atoms with van der Waals surface area (Å²) < 4.78 is 3.06. The first-order valence-corrected chi connectivity index (χ1v) is 9.33. The Balaban J connectivity index is 1.57. The zero-order chi connectivity index (χ0) is 16.7. The molecule has 4 rings (SSSR count). The first-order valence-electron chi connectivity index (χ1n) is 7.53. The highest BCUT2D eigenvalue weighted by molar-refractivity contribution is 7.99. The Kier molecular flexibility index (Phi) is 3.85. The van der Waals surface area contributed by atoms with Crippen LogP contribution in [-0.4, -0.2) is 29.9 Å². The number of thioether (sulfide) groups is 1. The molecule has 0 aliphatic rings. The molecule has 0 unspecified atom stereocenters. The van der Waals surface area contributed by atoms with E-state index in [-0.39, 0.29) is 5.69 Å². The minimum Gasteiger partial charge on any atom is -0.250 e. The Morgan fingerprint density at radius 1 is 1.25 bits per heavy atom. The highest BCUT2D eigenvalue weighted by Gasteiger charge is 2.13. The van der Waals surface area contributed by atoms with E-state index in [0.29, 0.717) is 12.2 Å². The van der Waals surface area contributed by atoms with Gasteiger partial charge in [-0.3, -0.25) is 4.40 Å². The van der Waals surface area contributed by atoms with Crippen molar-refractivity contribution in [1.29, 1.82) is 0 Å². The zero-order valence-electron chi connectivity index (χ0n) is 13.3. The first kappa shape index (κ1) is 15.3. The van der Waals surface area contributed by atoms with E-state index in [4.69, 9.17) is 0 Å². The number of hydrogen-bond acceptors (Lipinski definition) is 6. The number of rotatable bonds is 4. The fourth-order valence-electron chi connectivity index (χ4n) is 2.60. The lowest BCUT2D eigenvalue weighted by Gasteiger charge is -2.03. The fourth-order valence-corrected chi connectivity index (χ4v) is 4.64. The zero-order valence-corrected chi connectivity index (χ0v) is 14.9. The molecule has 6 nitrogen and oxygen atoms in total. The van der Waals surface area contributed by atoms with Gasteiger partial charge >= 0.3 is 5.69 Å². The summed E-state index contributed by atoms with van der Waals surface area (Å²) in [4.78, 5) is 23.3. The molecule has 0 spiro atoms. The average Bonchev–Trinajstić information content (AvgIpc) is 3.06. The number of hydrogen-bond donors (Lipinski definition) is 0. The highest BCUT2D eigenvalue weighted by atomic mass is 32.2. The van der Waals surface area contributed by atoms with Crippen molar-refractivity contribution >= 4 is 39.0 Å². The number of pyridine rings is 1. The molecule has 0 atom stereocenters. The quantitative estimate of drug-likeness (QED) is 0.415. The maximum Gasteiger partial charge on any atom is 0.350 e. The fraction of sp³-hybridized carbons (Fsp3) is 0.250. The number of nitrogens with zero attached hydrogens (tertiary/aromatic N) is 5. The van der Waals surface area contributed by atoms with E-state index in [0.717, 1.165) is 21.0 Å². The topological polar surface area (TPSA) is 65.1 Å². The summed E-state index contributed by atoms with van der Waals surface area (Å²) in [5.41, 5.74) is 1.80. The third kappa shape index (κ3) is 2.51. The van der Waals surface area contributed by atoms with Gasteiger partial charge in [-0.05, 0) is 31.5 Å². The van der Waals surface area contributed by atoms with Crippen LogP contribution in [0.3, 0.4) is 0 Å². The Morgan fingerprint density at radius 2 is 2.12 bits per heavy atom. The van der Waals surface area contributed by atoms with Crippen molar-refractivity contribution in [3.8, 4) is 0 Å². The number of aryl methyl sites for hydroxylation is 3. The van der Waals surface area contributed by atoms with Gasteiger partial charge in [0.2, 0.25) is 0 Å². The molecule has 0 amide bonds. The minimum atomic E-state index is -0.110. The second-order valence-electron chi connectivity index (χ2n) is 5.43. The standard InChI is InChI=1S/C16H15N5OS2/c1-10-11(2)24-15-13(10)14(17-9-18-15)23-8-7-21-16(22)20-6-4-3-5-12(20)19-21/h3-6,9H,7-8H2,1-2H3. The van der Waals surface area contributed by atoms with Gasteiger partial charge in [-0.15, -0.1) is 28.2 Å². The van der Waals surface area contributed by atoms with Gasteiger partial charge < -0.3 is 0 Å². The number of fused-ring (bicyclic) bond motifs is 2. The van der Waals surface area contributed by atoms with Crippen molar-refractivity contribution in [2.45, 2.75) is 25.4 Å². The summed E-state index contributed by atoms with van der Waals surface area (Å²) >= 11 is 3.33. The van der Waals surface area contributed by atoms with Crippen LogP contribution in [0.1, 0.15) is 10.4 Å². The molecule has 4 heterocycles. The van der Waals surface area contributed by atoms with Crippen LogP contribution >= 0.6 is 23.1 Å². The molecule has 0 bridgehead atoms. The van der Waals surface area contributed by atoms with Crippen LogP contribution in [0.25, 0.3) is 15.9 Å². The lowest BCUT2D eigenvalue weighted by Crippen LogP contribution is -2.22. The Morgan fingerprint density at radius 3 is 2.96 bits per heavy atom. The summed E-state index contributed by atoms with van der Waals surface area (Å²) in [6.07, 6.45) is 3.34. The van der Waals surface area contributed by atoms with Crippen molar-refractivity contribution in [2.75, 3.05) is 5.75 Å². The predicted octanol–water partition coefficient (Wildman–Crippen LogP) is 2.91. The van der Waals surface area contributed by atoms with Crippen LogP contribution in [0.15, 0.2) is 40.5 Å². The third-order valence-corrected chi connectivity index (χ3v) is 6.05. The SMILES string of the molecule is Cc1sc2ncnc(SCCn3nc4ccccn4c3=O)c2c1C. The smallest absolute Gasteiger partial charge is 0.250 e. The summed E-state index contributed by atoms with van der Waals surface area (Å²) in [6, 6.07) is 5.53. The molecule has 24 heavy (non-hydrogen) atoms. The van der Waals surface area contributed by atoms with Crippen molar-refractivity contribution in [3.63, 3.8) is 0 Å². The van der Waals surface area contributed by atoms with E-state index >= 15 is 0 Å². The van der Waals surface area contributed by atoms with Crippen LogP contribution in [0.2, 0.25) is 0 Å². The van der Waals surface area contributed by atoms with E-state index in [9.17, 15) is 4.79 Å². The molecule has 8 heteroatoms. The van der Waals surface area contributed by atoms with Crippen LogP contribution in [0.4, 0.5) is 0 Å². The molecule has 122 valence electrons. The molecule has 0 radical (unpaired) electrons. The molecule has 0 saturated carbocycles. The van der Waals surface area contributed by atoms with Gasteiger partial charge in [0.15, 0.2) is 5.65 Å². The molecule has 0 aliphatic carbocycles. The van der Waals surface area contributed by atoms with Gasteiger partial charge in [-0.2, -0.15) is 0 Å². The summed E-state index contributed by atoms with van der Waals surface area (Å²) in [5.74, 6) is 0.726. The van der Waals surface area contributed by atoms with Gasteiger partial charge in [0.05, 0.1) is 6.54 Å². The molecule has 0 aromatic carbocycles. The van der Waals surface area contributed by atoms with Crippen LogP contribution < -0.4 is 5.69 Å². The van der Waals surface area contributed by atoms with Gasteiger partial charge in [0.1, 0.15) is 16.2 Å². The molecule has 0 saturated heterocycles. The van der Waals surface area contributed by atoms with Gasteiger partial charge in [0.25, 0.3) is 0 Å². The Bertz CT molecular complexity index is 1090. The maximum absolute atomic E-state index is 12.3. The maximum atomic E-state index is 12.3. The van der Waals surface area contributed by atoms with Crippen molar-refractivity contribution in [2.24, 2.45) is 0 Å². The van der Waals surface area contributed by atoms with Crippen molar-refractivity contribution in [1.82, 2.24) is 24.1 Å². The molecule has 4 aromatic rings. The lowest BCUT2D eigenvalue weighted by atomic mass is 10.2. The first-order chi connectivity index (χ1) is 11.6. The molecular weight excluding hydrogens is 342 g/mol. The van der Waals surface area contributed by atoms with Crippen LogP contribution in [0.5, 0.6) is 0 Å². The van der Waals surface area contributed by atoms with Gasteiger partial charge in [0, 0.05) is 22.2 Å². The van der Waals surface area contributed by atoms with E-state index in [1.54, 1.807) is 40.0 Å². The normalized spacial score (nSPS) is 11.6. The third-order valence-electron chi connectivity index (χ3n) is 3.96. The van der Waals surface area contributed by atoms with E-state index in [1.165, 1.54) is 15.1 Å². The summed E-state index contributed by atoms with van der Waals surface area (Å²) in [5, 5.41) is 6.45. The van der Waals surface area contributed by atoms with Crippen LogP contribution in [0, 0.1) is 13.8 Å². The summed E-state index contributed by atoms with van der Waals surface area (Å²) in [6.45, 7) is 4.75. The summed E-state index contributed by atoms with van der Waals surface area (Å²) in [7, 11) is 0. The van der Waals surface area contributed by atoms with E-state index in [1.807, 2.05) is 18.2 Å². The highest BCUT2D eigenvalue weighted by Crippen LogP contribution is 2.34. The number of thiophene rings is 1. The van der Waals surface area contributed by atoms with Crippen molar-refractivity contribution < 1.29 is 0 Å².